The van der Waals surface area contributed by atoms with Crippen LogP contribution in [-0.2, 0) is 27.3 Å². The number of nitrogens with zero attached hydrogens (tertiary/aromatic N) is 5. The molecule has 10 nitrogen and oxygen atoms in total. The highest BCUT2D eigenvalue weighted by Crippen LogP contribution is 2.24. The number of hydrogen-bond acceptors (Lipinski definition) is 8. The van der Waals surface area contributed by atoms with Crippen molar-refractivity contribution in [2.75, 3.05) is 30.4 Å². The number of carbonyl (C=O) groups is 2. The molecule has 38 heavy (non-hydrogen) atoms. The Labute approximate surface area is 222 Å². The second-order valence-corrected chi connectivity index (χ2v) is 10.2. The third-order valence-corrected chi connectivity index (χ3v) is 7.24. The summed E-state index contributed by atoms with van der Waals surface area (Å²) >= 11 is 0. The first-order chi connectivity index (χ1) is 18.4. The van der Waals surface area contributed by atoms with Gasteiger partial charge < -0.3 is 20.3 Å². The van der Waals surface area contributed by atoms with Gasteiger partial charge in [0.25, 0.3) is 0 Å². The second-order valence-electron chi connectivity index (χ2n) is 10.2. The number of aromatic nitrogens is 4. The Morgan fingerprint density at radius 2 is 1.97 bits per heavy atom. The van der Waals surface area contributed by atoms with Crippen LogP contribution in [-0.4, -0.2) is 68.0 Å². The van der Waals surface area contributed by atoms with Gasteiger partial charge in [0.1, 0.15) is 0 Å². The van der Waals surface area contributed by atoms with Gasteiger partial charge in [-0.2, -0.15) is 19.6 Å². The van der Waals surface area contributed by atoms with E-state index in [-0.39, 0.29) is 36.1 Å². The Morgan fingerprint density at radius 3 is 2.68 bits per heavy atom. The molecule has 4 heterocycles. The molecule has 200 valence electrons. The lowest BCUT2D eigenvalue weighted by Gasteiger charge is -2.39. The number of benzene rings is 1. The van der Waals surface area contributed by atoms with E-state index in [9.17, 15) is 9.59 Å². The van der Waals surface area contributed by atoms with Crippen LogP contribution in [0, 0.1) is 0 Å². The van der Waals surface area contributed by atoms with Gasteiger partial charge in [-0.3, -0.25) is 9.59 Å². The van der Waals surface area contributed by atoms with Crippen molar-refractivity contribution in [1.29, 1.82) is 0 Å². The third-order valence-electron chi connectivity index (χ3n) is 7.24. The molecule has 0 saturated carbocycles. The number of rotatable bonds is 10. The third kappa shape index (κ3) is 5.55. The molecule has 1 aromatic carbocycles. The minimum Gasteiger partial charge on any atom is -0.381 e. The van der Waals surface area contributed by atoms with Crippen LogP contribution in [0.15, 0.2) is 43.1 Å². The summed E-state index contributed by atoms with van der Waals surface area (Å²) < 4.78 is 7.23. The summed E-state index contributed by atoms with van der Waals surface area (Å²) in [4.78, 5) is 35.9. The Bertz CT molecular complexity index is 1330. The van der Waals surface area contributed by atoms with Crippen molar-refractivity contribution in [3.05, 3.63) is 59.8 Å². The van der Waals surface area contributed by atoms with E-state index in [1.54, 1.807) is 9.42 Å². The molecule has 2 fully saturated rings. The average molecular weight is 518 g/mol. The molecule has 2 aliphatic heterocycles. The highest BCUT2D eigenvalue weighted by molar-refractivity contribution is 5.95. The average Bonchev–Trinajstić information content (AvgIpc) is 3.32. The molecule has 0 radical (unpaired) electrons. The lowest BCUT2D eigenvalue weighted by molar-refractivity contribution is -0.142. The quantitative estimate of drug-likeness (QED) is 0.394. The standard InChI is InChI=1S/C28H35N7O3/c1-4-25(37)34-11-8-23(34)24(36)15-19-6-5-7-20(14-19)16-29-28-33-27(31-21-9-12-38-13-10-21)32-26-22(18(2)3)17-30-35(26)28/h4-7,14,17-18,21,23H,1,8-13,15-16H2,2-3H3,(H2,29,31,32,33). The number of ether oxygens (including phenoxy) is 1. The Hall–Kier alpha value is -3.79. The first kappa shape index (κ1) is 25.8. The van der Waals surface area contributed by atoms with Gasteiger partial charge in [0, 0.05) is 44.3 Å². The van der Waals surface area contributed by atoms with E-state index in [2.05, 4.69) is 36.2 Å². The molecule has 2 N–H and O–H groups in total. The highest BCUT2D eigenvalue weighted by Gasteiger charge is 2.35. The van der Waals surface area contributed by atoms with Crippen LogP contribution in [0.5, 0.6) is 0 Å². The molecule has 1 atom stereocenters. The number of carbonyl (C=O) groups excluding carboxylic acids is 2. The number of anilines is 2. The first-order valence-corrected chi connectivity index (χ1v) is 13.3. The van der Waals surface area contributed by atoms with Crippen molar-refractivity contribution in [3.8, 4) is 0 Å². The van der Waals surface area contributed by atoms with E-state index in [4.69, 9.17) is 14.7 Å². The zero-order valence-electron chi connectivity index (χ0n) is 22.0. The number of Topliss-reactive ketones (excluding diaryl/α,β-unsaturated/α-hetero) is 1. The maximum atomic E-state index is 12.8. The van der Waals surface area contributed by atoms with E-state index in [1.807, 2.05) is 30.5 Å². The van der Waals surface area contributed by atoms with Crippen molar-refractivity contribution in [2.24, 2.45) is 0 Å². The fourth-order valence-electron chi connectivity index (χ4n) is 4.96. The molecule has 1 unspecified atom stereocenters. The van der Waals surface area contributed by atoms with Gasteiger partial charge in [-0.15, -0.1) is 0 Å². The summed E-state index contributed by atoms with van der Waals surface area (Å²) in [5.74, 6) is 1.32. The fraction of sp³-hybridized carbons (Fsp3) is 0.464. The van der Waals surface area contributed by atoms with Gasteiger partial charge >= 0.3 is 0 Å². The van der Waals surface area contributed by atoms with E-state index in [1.165, 1.54) is 6.08 Å². The number of hydrogen-bond donors (Lipinski definition) is 2. The monoisotopic (exact) mass is 517 g/mol. The van der Waals surface area contributed by atoms with Crippen LogP contribution in [0.1, 0.15) is 55.7 Å². The predicted octanol–water partition coefficient (Wildman–Crippen LogP) is 3.35. The fourth-order valence-corrected chi connectivity index (χ4v) is 4.96. The van der Waals surface area contributed by atoms with Crippen molar-refractivity contribution < 1.29 is 14.3 Å². The van der Waals surface area contributed by atoms with E-state index >= 15 is 0 Å². The van der Waals surface area contributed by atoms with Crippen LogP contribution in [0.3, 0.4) is 0 Å². The number of nitrogens with one attached hydrogen (secondary N) is 2. The minimum absolute atomic E-state index is 0.0515. The maximum absolute atomic E-state index is 12.8. The largest absolute Gasteiger partial charge is 0.381 e. The zero-order chi connectivity index (χ0) is 26.6. The van der Waals surface area contributed by atoms with Gasteiger partial charge in [0.2, 0.25) is 17.8 Å². The summed E-state index contributed by atoms with van der Waals surface area (Å²) in [6, 6.07) is 7.85. The van der Waals surface area contributed by atoms with Gasteiger partial charge in [0.05, 0.1) is 12.2 Å². The van der Waals surface area contributed by atoms with Crippen LogP contribution >= 0.6 is 0 Å². The Kier molecular flexibility index (Phi) is 7.69. The normalized spacial score (nSPS) is 17.9. The number of amides is 1. The molecule has 10 heteroatoms. The first-order valence-electron chi connectivity index (χ1n) is 13.3. The van der Waals surface area contributed by atoms with Crippen molar-refractivity contribution in [3.63, 3.8) is 0 Å². The highest BCUT2D eigenvalue weighted by atomic mass is 16.5. The van der Waals surface area contributed by atoms with E-state index in [0.717, 1.165) is 48.4 Å². The molecule has 0 bridgehead atoms. The Balaban J connectivity index is 1.31. The van der Waals surface area contributed by atoms with Crippen LogP contribution in [0.25, 0.3) is 5.65 Å². The second kappa shape index (κ2) is 11.3. The number of fused-ring (bicyclic) bond motifs is 1. The molecule has 3 aromatic rings. The van der Waals surface area contributed by atoms with Gasteiger partial charge in [-0.1, -0.05) is 44.7 Å². The molecule has 0 spiro atoms. The lowest BCUT2D eigenvalue weighted by atomic mass is 9.93. The SMILES string of the molecule is C=CC(=O)N1CCC1C(=O)Cc1cccc(CNc2nc(NC3CCOCC3)nc3c(C(C)C)cnn23)c1. The molecular formula is C28H35N7O3. The molecule has 2 aromatic heterocycles. The van der Waals surface area contributed by atoms with Crippen molar-refractivity contribution in [1.82, 2.24) is 24.5 Å². The molecule has 5 rings (SSSR count). The minimum atomic E-state index is -0.354. The van der Waals surface area contributed by atoms with Crippen LogP contribution in [0.4, 0.5) is 11.9 Å². The number of likely N-dealkylation sites (tertiary alicyclic amines) is 1. The topological polar surface area (TPSA) is 114 Å². The maximum Gasteiger partial charge on any atom is 0.246 e. The molecule has 2 saturated heterocycles. The molecular weight excluding hydrogens is 482 g/mol. The van der Waals surface area contributed by atoms with Gasteiger partial charge in [0.15, 0.2) is 11.4 Å². The molecule has 0 aliphatic carbocycles. The van der Waals surface area contributed by atoms with Gasteiger partial charge in [-0.25, -0.2) is 0 Å². The summed E-state index contributed by atoms with van der Waals surface area (Å²) in [7, 11) is 0. The Morgan fingerprint density at radius 1 is 1.18 bits per heavy atom. The number of ketones is 1. The van der Waals surface area contributed by atoms with Crippen molar-refractivity contribution in [2.45, 2.75) is 64.1 Å². The molecule has 1 amide bonds. The van der Waals surface area contributed by atoms with E-state index in [0.29, 0.717) is 31.4 Å². The summed E-state index contributed by atoms with van der Waals surface area (Å²) in [5.41, 5.74) is 3.78. The van der Waals surface area contributed by atoms with Crippen LogP contribution in [0.2, 0.25) is 0 Å². The predicted molar refractivity (Wildman–Crippen MR) is 145 cm³/mol. The zero-order valence-corrected chi connectivity index (χ0v) is 22.0. The lowest BCUT2D eigenvalue weighted by Crippen LogP contribution is -2.55. The smallest absolute Gasteiger partial charge is 0.246 e. The van der Waals surface area contributed by atoms with Crippen LogP contribution < -0.4 is 10.6 Å². The van der Waals surface area contributed by atoms with Gasteiger partial charge in [-0.05, 0) is 42.4 Å². The van der Waals surface area contributed by atoms with E-state index < -0.39 is 0 Å². The summed E-state index contributed by atoms with van der Waals surface area (Å²) in [6.07, 6.45) is 5.94. The van der Waals surface area contributed by atoms with Crippen molar-refractivity contribution >= 4 is 29.2 Å². The summed E-state index contributed by atoms with van der Waals surface area (Å²) in [6.45, 7) is 10.4. The summed E-state index contributed by atoms with van der Waals surface area (Å²) in [5, 5.41) is 11.5. The molecule has 2 aliphatic rings.